The second kappa shape index (κ2) is 7.48. The predicted octanol–water partition coefficient (Wildman–Crippen LogP) is 3.88. The maximum atomic E-state index is 14.1. The highest BCUT2D eigenvalue weighted by atomic mass is 19.1. The van der Waals surface area contributed by atoms with Gasteiger partial charge in [-0.3, -0.25) is 9.59 Å². The van der Waals surface area contributed by atoms with Gasteiger partial charge in [-0.2, -0.15) is 0 Å². The summed E-state index contributed by atoms with van der Waals surface area (Å²) >= 11 is 0. The lowest BCUT2D eigenvalue weighted by atomic mass is 10.2. The molecule has 2 aliphatic rings. The minimum atomic E-state index is -0.264. The van der Waals surface area contributed by atoms with Crippen molar-refractivity contribution in [3.05, 3.63) is 60.1 Å². The fourth-order valence-corrected chi connectivity index (χ4v) is 3.89. The van der Waals surface area contributed by atoms with Gasteiger partial charge in [0.25, 0.3) is 5.91 Å². The average Bonchev–Trinajstić information content (AvgIpc) is 3.57. The van der Waals surface area contributed by atoms with E-state index in [9.17, 15) is 14.0 Å². The largest absolute Gasteiger partial charge is 0.449 e. The summed E-state index contributed by atoms with van der Waals surface area (Å²) in [6.45, 7) is 1.94. The normalized spacial score (nSPS) is 16.7. The molecule has 0 bridgehead atoms. The number of fused-ring (bicyclic) bond motifs is 1. The van der Waals surface area contributed by atoms with Gasteiger partial charge in [0, 0.05) is 37.5 Å². The molecule has 154 valence electrons. The van der Waals surface area contributed by atoms with Crippen LogP contribution in [0, 0.1) is 11.7 Å². The number of nitrogens with one attached hydrogen (secondary N) is 1. The van der Waals surface area contributed by atoms with Crippen LogP contribution in [0.4, 0.5) is 15.8 Å². The Morgan fingerprint density at radius 3 is 2.40 bits per heavy atom. The average molecular weight is 407 g/mol. The summed E-state index contributed by atoms with van der Waals surface area (Å²) in [6, 6.07) is 14.0. The lowest BCUT2D eigenvalue weighted by Gasteiger charge is -2.35. The summed E-state index contributed by atoms with van der Waals surface area (Å²) in [4.78, 5) is 29.3. The van der Waals surface area contributed by atoms with E-state index in [-0.39, 0.29) is 29.3 Å². The third-order valence-electron chi connectivity index (χ3n) is 5.75. The Morgan fingerprint density at radius 2 is 1.67 bits per heavy atom. The molecule has 2 aromatic carbocycles. The zero-order valence-corrected chi connectivity index (χ0v) is 16.4. The van der Waals surface area contributed by atoms with E-state index in [0.717, 1.165) is 18.2 Å². The van der Waals surface area contributed by atoms with Crippen LogP contribution >= 0.6 is 0 Å². The zero-order chi connectivity index (χ0) is 20.7. The van der Waals surface area contributed by atoms with Crippen molar-refractivity contribution >= 4 is 34.2 Å². The number of hydrogen-bond acceptors (Lipinski definition) is 4. The molecule has 1 aromatic heterocycles. The van der Waals surface area contributed by atoms with Crippen LogP contribution in [0.3, 0.4) is 0 Å². The Kier molecular flexibility index (Phi) is 4.65. The topological polar surface area (TPSA) is 65.8 Å². The van der Waals surface area contributed by atoms with Crippen LogP contribution < -0.4 is 10.2 Å². The van der Waals surface area contributed by atoms with Crippen molar-refractivity contribution in [1.82, 2.24) is 4.90 Å². The second-order valence-electron chi connectivity index (χ2n) is 7.80. The number of furan rings is 1. The van der Waals surface area contributed by atoms with Gasteiger partial charge < -0.3 is 19.5 Å². The van der Waals surface area contributed by atoms with Crippen molar-refractivity contribution in [2.24, 2.45) is 5.92 Å². The van der Waals surface area contributed by atoms with Crippen LogP contribution in [-0.2, 0) is 4.79 Å². The summed E-state index contributed by atoms with van der Waals surface area (Å²) in [5, 5.41) is 3.64. The first-order valence-electron chi connectivity index (χ1n) is 10.2. The van der Waals surface area contributed by atoms with Crippen LogP contribution in [0.5, 0.6) is 0 Å². The number of piperazine rings is 1. The van der Waals surface area contributed by atoms with Crippen LogP contribution in [0.1, 0.15) is 23.4 Å². The monoisotopic (exact) mass is 407 g/mol. The summed E-state index contributed by atoms with van der Waals surface area (Å²) in [7, 11) is 0. The molecule has 1 aliphatic carbocycles. The Morgan fingerprint density at radius 1 is 0.967 bits per heavy atom. The molecule has 0 atom stereocenters. The van der Waals surface area contributed by atoms with Crippen LogP contribution in [0.2, 0.25) is 0 Å². The van der Waals surface area contributed by atoms with E-state index in [4.69, 9.17) is 4.42 Å². The van der Waals surface area contributed by atoms with Gasteiger partial charge in [0.1, 0.15) is 17.1 Å². The van der Waals surface area contributed by atoms with E-state index in [2.05, 4.69) is 5.32 Å². The van der Waals surface area contributed by atoms with Crippen molar-refractivity contribution < 1.29 is 18.4 Å². The van der Waals surface area contributed by atoms with Gasteiger partial charge >= 0.3 is 0 Å². The van der Waals surface area contributed by atoms with E-state index >= 15 is 0 Å². The molecule has 5 rings (SSSR count). The molecule has 0 unspecified atom stereocenters. The number of carbonyl (C=O) groups is 2. The van der Waals surface area contributed by atoms with Gasteiger partial charge in [0.2, 0.25) is 11.7 Å². The van der Waals surface area contributed by atoms with Gasteiger partial charge in [-0.15, -0.1) is 0 Å². The predicted molar refractivity (Wildman–Crippen MR) is 112 cm³/mol. The summed E-state index contributed by atoms with van der Waals surface area (Å²) in [5.41, 5.74) is 1.56. The van der Waals surface area contributed by atoms with Crippen molar-refractivity contribution in [3.8, 4) is 0 Å². The first-order chi connectivity index (χ1) is 14.6. The molecule has 1 saturated heterocycles. The molecule has 1 N–H and O–H groups in total. The maximum absolute atomic E-state index is 14.1. The Bertz CT molecular complexity index is 1110. The van der Waals surface area contributed by atoms with Crippen molar-refractivity contribution in [1.29, 1.82) is 0 Å². The minimum absolute atomic E-state index is 0.0194. The quantitative estimate of drug-likeness (QED) is 0.713. The van der Waals surface area contributed by atoms with E-state index in [1.165, 1.54) is 6.07 Å². The molecule has 1 saturated carbocycles. The summed E-state index contributed by atoms with van der Waals surface area (Å²) < 4.78 is 19.9. The van der Waals surface area contributed by atoms with Crippen LogP contribution in [-0.4, -0.2) is 42.9 Å². The van der Waals surface area contributed by atoms with E-state index in [1.807, 2.05) is 23.1 Å². The molecule has 2 amide bonds. The number of amides is 2. The van der Waals surface area contributed by atoms with Crippen LogP contribution in [0.25, 0.3) is 11.0 Å². The maximum Gasteiger partial charge on any atom is 0.291 e. The number of rotatable bonds is 4. The SMILES string of the molecule is O=C(Nc1c(C(=O)N2CCN(c3ccccc3F)CC2)oc2ccccc12)C1CC1. The van der Waals surface area contributed by atoms with E-state index < -0.39 is 0 Å². The van der Waals surface area contributed by atoms with Crippen molar-refractivity contribution in [2.75, 3.05) is 36.4 Å². The minimum Gasteiger partial charge on any atom is -0.449 e. The molecule has 0 spiro atoms. The fraction of sp³-hybridized carbons (Fsp3) is 0.304. The highest BCUT2D eigenvalue weighted by Gasteiger charge is 2.33. The first kappa shape index (κ1) is 18.7. The van der Waals surface area contributed by atoms with Gasteiger partial charge in [-0.05, 0) is 37.1 Å². The van der Waals surface area contributed by atoms with Gasteiger partial charge in [0.15, 0.2) is 0 Å². The van der Waals surface area contributed by atoms with Crippen molar-refractivity contribution in [3.63, 3.8) is 0 Å². The van der Waals surface area contributed by atoms with E-state index in [0.29, 0.717) is 43.1 Å². The smallest absolute Gasteiger partial charge is 0.291 e. The molecule has 0 radical (unpaired) electrons. The molecule has 3 aromatic rings. The Balaban J connectivity index is 1.37. The first-order valence-corrected chi connectivity index (χ1v) is 10.2. The number of benzene rings is 2. The Labute approximate surface area is 173 Å². The van der Waals surface area contributed by atoms with Gasteiger partial charge in [-0.1, -0.05) is 24.3 Å². The molecular formula is C23H22FN3O3. The van der Waals surface area contributed by atoms with Gasteiger partial charge in [-0.25, -0.2) is 4.39 Å². The number of anilines is 2. The molecule has 30 heavy (non-hydrogen) atoms. The third-order valence-corrected chi connectivity index (χ3v) is 5.75. The zero-order valence-electron chi connectivity index (χ0n) is 16.4. The molecule has 1 aliphatic heterocycles. The molecule has 2 heterocycles. The molecule has 2 fully saturated rings. The lowest BCUT2D eigenvalue weighted by molar-refractivity contribution is -0.117. The number of halogens is 1. The highest BCUT2D eigenvalue weighted by molar-refractivity contribution is 6.11. The molecule has 6 nitrogen and oxygen atoms in total. The van der Waals surface area contributed by atoms with Crippen molar-refractivity contribution in [2.45, 2.75) is 12.8 Å². The summed E-state index contributed by atoms with van der Waals surface area (Å²) in [5.74, 6) is -0.416. The fourth-order valence-electron chi connectivity index (χ4n) is 3.89. The number of para-hydroxylation sites is 2. The lowest BCUT2D eigenvalue weighted by Crippen LogP contribution is -2.49. The number of nitrogens with zero attached hydrogens (tertiary/aromatic N) is 2. The third kappa shape index (κ3) is 3.40. The number of hydrogen-bond donors (Lipinski definition) is 1. The highest BCUT2D eigenvalue weighted by Crippen LogP contribution is 2.35. The standard InChI is InChI=1S/C23H22FN3O3/c24-17-6-2-3-7-18(17)26-11-13-27(14-12-26)23(29)21-20(25-22(28)15-9-10-15)16-5-1-4-8-19(16)30-21/h1-8,15H,9-14H2,(H,25,28). The van der Waals surface area contributed by atoms with E-state index in [1.54, 1.807) is 29.2 Å². The summed E-state index contributed by atoms with van der Waals surface area (Å²) in [6.07, 6.45) is 1.76. The Hall–Kier alpha value is -3.35. The number of carbonyl (C=O) groups excluding carboxylic acids is 2. The molecular weight excluding hydrogens is 385 g/mol. The van der Waals surface area contributed by atoms with Gasteiger partial charge in [0.05, 0.1) is 5.69 Å². The molecule has 7 heteroatoms. The second-order valence-corrected chi connectivity index (χ2v) is 7.80. The van der Waals surface area contributed by atoms with Crippen LogP contribution in [0.15, 0.2) is 52.9 Å².